The number of rotatable bonds is 2. The van der Waals surface area contributed by atoms with Gasteiger partial charge in [0.2, 0.25) is 5.91 Å². The number of hydrogen-bond donors (Lipinski definition) is 1. The largest absolute Gasteiger partial charge is 0.357 e. The predicted octanol–water partition coefficient (Wildman–Crippen LogP) is 4.85. The van der Waals surface area contributed by atoms with Crippen LogP contribution in [0.3, 0.4) is 0 Å². The minimum absolute atomic E-state index is 0.0187. The van der Waals surface area contributed by atoms with Crippen molar-refractivity contribution in [3.05, 3.63) is 71.4 Å². The highest BCUT2D eigenvalue weighted by Crippen LogP contribution is 2.45. The molecule has 4 heteroatoms. The SMILES string of the molecule is CC(C)C(=O)N1c2ccccc2NC2=C(C(=O)CCC2)[C@H]1c1ccccc1. The van der Waals surface area contributed by atoms with Gasteiger partial charge in [-0.1, -0.05) is 56.3 Å². The lowest BCUT2D eigenvalue weighted by Gasteiger charge is -2.35. The molecule has 0 spiro atoms. The predicted molar refractivity (Wildman–Crippen MR) is 107 cm³/mol. The Hall–Kier alpha value is -2.88. The molecule has 1 aliphatic heterocycles. The van der Waals surface area contributed by atoms with Crippen LogP contribution in [0.4, 0.5) is 11.4 Å². The molecular formula is C23H24N2O2. The van der Waals surface area contributed by atoms with Gasteiger partial charge in [-0.3, -0.25) is 14.5 Å². The number of nitrogens with zero attached hydrogens (tertiary/aromatic N) is 1. The first-order valence-corrected chi connectivity index (χ1v) is 9.58. The second kappa shape index (κ2) is 7.03. The Balaban J connectivity index is 2.01. The molecule has 2 aromatic carbocycles. The van der Waals surface area contributed by atoms with E-state index in [1.165, 1.54) is 0 Å². The van der Waals surface area contributed by atoms with Gasteiger partial charge in [-0.25, -0.2) is 0 Å². The van der Waals surface area contributed by atoms with E-state index in [0.717, 1.165) is 41.1 Å². The average Bonchev–Trinajstić information content (AvgIpc) is 2.83. The molecular weight excluding hydrogens is 336 g/mol. The van der Waals surface area contributed by atoms with Crippen LogP contribution in [0.25, 0.3) is 0 Å². The number of para-hydroxylation sites is 2. The van der Waals surface area contributed by atoms with Crippen LogP contribution in [-0.2, 0) is 9.59 Å². The highest BCUT2D eigenvalue weighted by atomic mass is 16.2. The molecule has 4 nitrogen and oxygen atoms in total. The third-order valence-corrected chi connectivity index (χ3v) is 5.28. The molecule has 0 unspecified atom stereocenters. The monoisotopic (exact) mass is 360 g/mol. The van der Waals surface area contributed by atoms with Crippen molar-refractivity contribution < 1.29 is 9.59 Å². The molecule has 4 rings (SSSR count). The topological polar surface area (TPSA) is 49.4 Å². The Morgan fingerprint density at radius 1 is 1.04 bits per heavy atom. The Kier molecular flexibility index (Phi) is 4.56. The zero-order valence-electron chi connectivity index (χ0n) is 15.7. The van der Waals surface area contributed by atoms with Crippen molar-refractivity contribution in [2.24, 2.45) is 5.92 Å². The normalized spacial score (nSPS) is 19.3. The van der Waals surface area contributed by atoms with Crippen molar-refractivity contribution in [1.82, 2.24) is 0 Å². The number of nitrogens with one attached hydrogen (secondary N) is 1. The molecule has 1 heterocycles. The number of Topliss-reactive ketones (excluding diaryl/α,β-unsaturated/α-hetero) is 1. The number of allylic oxidation sites excluding steroid dienone is 1. The van der Waals surface area contributed by atoms with Crippen LogP contribution in [-0.4, -0.2) is 11.7 Å². The van der Waals surface area contributed by atoms with Crippen LogP contribution in [0.2, 0.25) is 0 Å². The number of carbonyl (C=O) groups excluding carboxylic acids is 2. The van der Waals surface area contributed by atoms with E-state index in [-0.39, 0.29) is 17.6 Å². The second-order valence-electron chi connectivity index (χ2n) is 7.49. The zero-order valence-corrected chi connectivity index (χ0v) is 15.7. The molecule has 1 amide bonds. The summed E-state index contributed by atoms with van der Waals surface area (Å²) in [4.78, 5) is 28.2. The summed E-state index contributed by atoms with van der Waals surface area (Å²) in [6, 6.07) is 17.3. The molecule has 0 aromatic heterocycles. The molecule has 0 bridgehead atoms. The first-order chi connectivity index (χ1) is 13.1. The van der Waals surface area contributed by atoms with Crippen LogP contribution in [0, 0.1) is 5.92 Å². The van der Waals surface area contributed by atoms with Crippen LogP contribution in [0.1, 0.15) is 44.7 Å². The van der Waals surface area contributed by atoms with Gasteiger partial charge in [0.25, 0.3) is 0 Å². The Labute approximate surface area is 159 Å². The van der Waals surface area contributed by atoms with E-state index in [2.05, 4.69) is 5.32 Å². The maximum absolute atomic E-state index is 13.3. The third-order valence-electron chi connectivity index (χ3n) is 5.28. The summed E-state index contributed by atoms with van der Waals surface area (Å²) in [5.74, 6) is -0.0256. The number of fused-ring (bicyclic) bond motifs is 1. The summed E-state index contributed by atoms with van der Waals surface area (Å²) in [6.07, 6.45) is 2.19. The number of amides is 1. The van der Waals surface area contributed by atoms with E-state index in [1.54, 1.807) is 0 Å². The van der Waals surface area contributed by atoms with E-state index in [0.29, 0.717) is 6.42 Å². The molecule has 138 valence electrons. The molecule has 0 saturated carbocycles. The van der Waals surface area contributed by atoms with Gasteiger partial charge in [0.05, 0.1) is 17.4 Å². The first kappa shape index (κ1) is 17.5. The van der Waals surface area contributed by atoms with Crippen LogP contribution >= 0.6 is 0 Å². The molecule has 2 aromatic rings. The van der Waals surface area contributed by atoms with Gasteiger partial charge in [-0.2, -0.15) is 0 Å². The fourth-order valence-electron chi connectivity index (χ4n) is 4.01. The lowest BCUT2D eigenvalue weighted by molar-refractivity contribution is -0.121. The van der Waals surface area contributed by atoms with Crippen LogP contribution in [0.5, 0.6) is 0 Å². The van der Waals surface area contributed by atoms with Crippen molar-refractivity contribution in [2.75, 3.05) is 10.2 Å². The minimum atomic E-state index is -0.403. The van der Waals surface area contributed by atoms with E-state index in [4.69, 9.17) is 0 Å². The number of hydrogen-bond acceptors (Lipinski definition) is 3. The highest BCUT2D eigenvalue weighted by Gasteiger charge is 2.39. The Morgan fingerprint density at radius 3 is 2.48 bits per heavy atom. The molecule has 2 aliphatic rings. The number of carbonyl (C=O) groups is 2. The summed E-state index contributed by atoms with van der Waals surface area (Å²) in [5, 5.41) is 3.48. The maximum Gasteiger partial charge on any atom is 0.230 e. The molecule has 0 radical (unpaired) electrons. The molecule has 0 saturated heterocycles. The number of benzene rings is 2. The Morgan fingerprint density at radius 2 is 1.74 bits per heavy atom. The summed E-state index contributed by atoms with van der Waals surface area (Å²) in [5.41, 5.74) is 4.36. The molecule has 1 N–H and O–H groups in total. The van der Waals surface area contributed by atoms with E-state index in [9.17, 15) is 9.59 Å². The molecule has 1 atom stereocenters. The summed E-state index contributed by atoms with van der Waals surface area (Å²) in [7, 11) is 0. The number of ketones is 1. The van der Waals surface area contributed by atoms with Crippen molar-refractivity contribution in [2.45, 2.75) is 39.2 Å². The fraction of sp³-hybridized carbons (Fsp3) is 0.304. The van der Waals surface area contributed by atoms with E-state index < -0.39 is 6.04 Å². The van der Waals surface area contributed by atoms with Gasteiger partial charge in [0.1, 0.15) is 0 Å². The average molecular weight is 360 g/mol. The minimum Gasteiger partial charge on any atom is -0.357 e. The van der Waals surface area contributed by atoms with Crippen LogP contribution in [0.15, 0.2) is 65.9 Å². The van der Waals surface area contributed by atoms with Crippen molar-refractivity contribution in [3.63, 3.8) is 0 Å². The van der Waals surface area contributed by atoms with Gasteiger partial charge in [0, 0.05) is 23.6 Å². The van der Waals surface area contributed by atoms with Crippen LogP contribution < -0.4 is 10.2 Å². The van der Waals surface area contributed by atoms with Gasteiger partial charge >= 0.3 is 0 Å². The van der Waals surface area contributed by atoms with E-state index >= 15 is 0 Å². The van der Waals surface area contributed by atoms with Crippen molar-refractivity contribution in [3.8, 4) is 0 Å². The third kappa shape index (κ3) is 3.05. The Bertz CT molecular complexity index is 915. The van der Waals surface area contributed by atoms with Gasteiger partial charge < -0.3 is 5.32 Å². The molecule has 1 aliphatic carbocycles. The summed E-state index contributed by atoms with van der Waals surface area (Å²) in [6.45, 7) is 3.81. The van der Waals surface area contributed by atoms with E-state index in [1.807, 2.05) is 73.3 Å². The first-order valence-electron chi connectivity index (χ1n) is 9.58. The lowest BCUT2D eigenvalue weighted by atomic mass is 9.85. The highest BCUT2D eigenvalue weighted by molar-refractivity contribution is 6.06. The quantitative estimate of drug-likeness (QED) is 0.833. The molecule has 27 heavy (non-hydrogen) atoms. The zero-order chi connectivity index (χ0) is 19.0. The van der Waals surface area contributed by atoms with Gasteiger partial charge in [-0.05, 0) is 30.5 Å². The number of anilines is 2. The summed E-state index contributed by atoms with van der Waals surface area (Å²) >= 11 is 0. The molecule has 0 fully saturated rings. The van der Waals surface area contributed by atoms with Crippen molar-refractivity contribution in [1.29, 1.82) is 0 Å². The lowest BCUT2D eigenvalue weighted by Crippen LogP contribution is -2.40. The fourth-order valence-corrected chi connectivity index (χ4v) is 4.01. The van der Waals surface area contributed by atoms with Gasteiger partial charge in [0.15, 0.2) is 5.78 Å². The smallest absolute Gasteiger partial charge is 0.230 e. The van der Waals surface area contributed by atoms with Gasteiger partial charge in [-0.15, -0.1) is 0 Å². The van der Waals surface area contributed by atoms with Crippen molar-refractivity contribution >= 4 is 23.1 Å². The maximum atomic E-state index is 13.3. The standard InChI is InChI=1S/C23H24N2O2/c1-15(2)23(27)25-19-13-7-6-11-17(19)24-18-12-8-14-20(26)21(18)22(25)16-9-4-3-5-10-16/h3-7,9-11,13,15,22,24H,8,12,14H2,1-2H3/t22-/m1/s1. The summed E-state index contributed by atoms with van der Waals surface area (Å²) < 4.78 is 0. The second-order valence-corrected chi connectivity index (χ2v) is 7.49.